The van der Waals surface area contributed by atoms with Crippen LogP contribution in [0.5, 0.6) is 0 Å². The van der Waals surface area contributed by atoms with Gasteiger partial charge in [0.25, 0.3) is 5.91 Å². The number of hydrogen-bond donors (Lipinski definition) is 1. The summed E-state index contributed by atoms with van der Waals surface area (Å²) in [6, 6.07) is 3.87. The molecule has 0 aliphatic carbocycles. The maximum absolute atomic E-state index is 12.4. The van der Waals surface area contributed by atoms with Crippen LogP contribution in [0.4, 0.5) is 5.82 Å². The summed E-state index contributed by atoms with van der Waals surface area (Å²) < 4.78 is 0. The van der Waals surface area contributed by atoms with E-state index >= 15 is 0 Å². The first-order valence-electron chi connectivity index (χ1n) is 7.66. The molecule has 0 aliphatic rings. The summed E-state index contributed by atoms with van der Waals surface area (Å²) in [5.74, 6) is 0.721. The van der Waals surface area contributed by atoms with Crippen LogP contribution in [0.25, 0.3) is 10.9 Å². The molecule has 1 amide bonds. The minimum atomic E-state index is -0.257. The van der Waals surface area contributed by atoms with Gasteiger partial charge in [-0.2, -0.15) is 0 Å². The maximum atomic E-state index is 12.4. The monoisotopic (exact) mass is 341 g/mol. The average molecular weight is 341 g/mol. The number of carbonyl (C=O) groups excluding carboxylic acids is 1. The number of thiophene rings is 1. The predicted molar refractivity (Wildman–Crippen MR) is 96.8 cm³/mol. The minimum absolute atomic E-state index is 0.204. The molecule has 0 aliphatic heterocycles. The average Bonchev–Trinajstić information content (AvgIpc) is 2.96. The second-order valence-electron chi connectivity index (χ2n) is 5.68. The van der Waals surface area contributed by atoms with E-state index in [1.807, 2.05) is 43.4 Å². The molecule has 0 saturated heterocycles. The molecule has 124 valence electrons. The number of pyridine rings is 1. The zero-order valence-corrected chi connectivity index (χ0v) is 14.7. The standard InChI is InChI=1S/C17H19N5OS/c1-11-14-13(10-24-11)20-15(21-16(14)22(2)3)17(23)19-8-6-12-5-4-7-18-9-12/h4-5,7,9-10H,6,8H2,1-3H3,(H,19,23). The van der Waals surface area contributed by atoms with Crippen molar-refractivity contribution in [3.8, 4) is 0 Å². The van der Waals surface area contributed by atoms with Gasteiger partial charge in [-0.25, -0.2) is 9.97 Å². The van der Waals surface area contributed by atoms with Gasteiger partial charge in [0, 0.05) is 43.3 Å². The third kappa shape index (κ3) is 3.35. The first-order chi connectivity index (χ1) is 11.6. The van der Waals surface area contributed by atoms with E-state index in [0.29, 0.717) is 6.54 Å². The van der Waals surface area contributed by atoms with E-state index in [1.165, 1.54) is 0 Å². The molecule has 3 aromatic heterocycles. The van der Waals surface area contributed by atoms with Gasteiger partial charge in [0.2, 0.25) is 5.82 Å². The van der Waals surface area contributed by atoms with Crippen molar-refractivity contribution in [2.24, 2.45) is 0 Å². The molecule has 3 aromatic rings. The van der Waals surface area contributed by atoms with Crippen molar-refractivity contribution in [1.29, 1.82) is 0 Å². The Hall–Kier alpha value is -2.54. The van der Waals surface area contributed by atoms with E-state index in [4.69, 9.17) is 0 Å². The van der Waals surface area contributed by atoms with E-state index in [2.05, 4.69) is 20.3 Å². The largest absolute Gasteiger partial charge is 0.362 e. The Morgan fingerprint density at radius 2 is 2.17 bits per heavy atom. The van der Waals surface area contributed by atoms with Crippen molar-refractivity contribution in [3.05, 3.63) is 46.2 Å². The second kappa shape index (κ2) is 6.92. The second-order valence-corrected chi connectivity index (χ2v) is 6.77. The van der Waals surface area contributed by atoms with Crippen molar-refractivity contribution in [2.45, 2.75) is 13.3 Å². The normalized spacial score (nSPS) is 10.8. The van der Waals surface area contributed by atoms with Gasteiger partial charge in [0.15, 0.2) is 0 Å². The van der Waals surface area contributed by atoms with E-state index in [1.54, 1.807) is 23.7 Å². The van der Waals surface area contributed by atoms with Crippen molar-refractivity contribution in [2.75, 3.05) is 25.5 Å². The van der Waals surface area contributed by atoms with Gasteiger partial charge in [0.1, 0.15) is 5.82 Å². The SMILES string of the molecule is Cc1scc2nc(C(=O)NCCc3cccnc3)nc(N(C)C)c12. The highest BCUT2D eigenvalue weighted by Gasteiger charge is 2.17. The highest BCUT2D eigenvalue weighted by atomic mass is 32.1. The highest BCUT2D eigenvalue weighted by molar-refractivity contribution is 7.11. The van der Waals surface area contributed by atoms with Crippen molar-refractivity contribution in [1.82, 2.24) is 20.3 Å². The quantitative estimate of drug-likeness (QED) is 0.772. The van der Waals surface area contributed by atoms with Crippen LogP contribution >= 0.6 is 11.3 Å². The molecule has 0 spiro atoms. The van der Waals surface area contributed by atoms with Crippen LogP contribution in [0.1, 0.15) is 21.1 Å². The van der Waals surface area contributed by atoms with E-state index in [0.717, 1.165) is 33.6 Å². The lowest BCUT2D eigenvalue weighted by atomic mass is 10.2. The lowest BCUT2D eigenvalue weighted by Gasteiger charge is -2.14. The molecule has 3 rings (SSSR count). The van der Waals surface area contributed by atoms with Gasteiger partial charge in [-0.3, -0.25) is 9.78 Å². The van der Waals surface area contributed by atoms with Crippen molar-refractivity contribution >= 4 is 34.0 Å². The summed E-state index contributed by atoms with van der Waals surface area (Å²) in [7, 11) is 3.84. The van der Waals surface area contributed by atoms with Crippen molar-refractivity contribution < 1.29 is 4.79 Å². The number of amides is 1. The number of carbonyl (C=O) groups is 1. The third-order valence-electron chi connectivity index (χ3n) is 3.67. The fourth-order valence-electron chi connectivity index (χ4n) is 2.46. The van der Waals surface area contributed by atoms with Gasteiger partial charge in [0.05, 0.1) is 10.9 Å². The molecule has 0 aromatic carbocycles. The molecule has 0 radical (unpaired) electrons. The Balaban J connectivity index is 1.77. The van der Waals surface area contributed by atoms with Gasteiger partial charge >= 0.3 is 0 Å². The van der Waals surface area contributed by atoms with Crippen LogP contribution in [-0.2, 0) is 6.42 Å². The smallest absolute Gasteiger partial charge is 0.289 e. The van der Waals surface area contributed by atoms with Crippen LogP contribution in [-0.4, -0.2) is 41.5 Å². The lowest BCUT2D eigenvalue weighted by molar-refractivity contribution is 0.0944. The van der Waals surface area contributed by atoms with Crippen LogP contribution in [0.15, 0.2) is 29.9 Å². The van der Waals surface area contributed by atoms with Crippen LogP contribution < -0.4 is 10.2 Å². The molecule has 0 unspecified atom stereocenters. The number of fused-ring (bicyclic) bond motifs is 1. The van der Waals surface area contributed by atoms with E-state index < -0.39 is 0 Å². The summed E-state index contributed by atoms with van der Waals surface area (Å²) in [5.41, 5.74) is 1.89. The van der Waals surface area contributed by atoms with Crippen molar-refractivity contribution in [3.63, 3.8) is 0 Å². The molecular weight excluding hydrogens is 322 g/mol. The molecule has 24 heavy (non-hydrogen) atoms. The minimum Gasteiger partial charge on any atom is -0.362 e. The topological polar surface area (TPSA) is 71.0 Å². The fraction of sp³-hybridized carbons (Fsp3) is 0.294. The summed E-state index contributed by atoms with van der Waals surface area (Å²) in [5, 5.41) is 5.85. The van der Waals surface area contributed by atoms with Crippen LogP contribution in [0, 0.1) is 6.92 Å². The van der Waals surface area contributed by atoms with Gasteiger partial charge in [-0.1, -0.05) is 6.07 Å². The van der Waals surface area contributed by atoms with Gasteiger partial charge < -0.3 is 10.2 Å². The molecule has 0 fully saturated rings. The Labute approximate surface area is 144 Å². The number of aryl methyl sites for hydroxylation is 1. The zero-order valence-electron chi connectivity index (χ0n) is 13.9. The van der Waals surface area contributed by atoms with Gasteiger partial charge in [-0.15, -0.1) is 11.3 Å². The zero-order chi connectivity index (χ0) is 17.1. The fourth-order valence-corrected chi connectivity index (χ4v) is 3.24. The Bertz CT molecular complexity index is 860. The van der Waals surface area contributed by atoms with Gasteiger partial charge in [-0.05, 0) is 25.0 Å². The maximum Gasteiger partial charge on any atom is 0.289 e. The molecule has 1 N–H and O–H groups in total. The highest BCUT2D eigenvalue weighted by Crippen LogP contribution is 2.30. The number of hydrogen-bond acceptors (Lipinski definition) is 6. The Morgan fingerprint density at radius 3 is 2.88 bits per heavy atom. The Morgan fingerprint density at radius 1 is 1.33 bits per heavy atom. The molecule has 0 saturated carbocycles. The molecular formula is C17H19N5OS. The summed E-state index contributed by atoms with van der Waals surface area (Å²) in [6.45, 7) is 2.56. The summed E-state index contributed by atoms with van der Waals surface area (Å²) in [6.07, 6.45) is 4.25. The van der Waals surface area contributed by atoms with E-state index in [-0.39, 0.29) is 11.7 Å². The first kappa shape index (κ1) is 16.3. The summed E-state index contributed by atoms with van der Waals surface area (Å²) in [4.78, 5) is 28.4. The Kier molecular flexibility index (Phi) is 4.71. The molecule has 0 bridgehead atoms. The first-order valence-corrected chi connectivity index (χ1v) is 8.54. The molecule has 6 nitrogen and oxygen atoms in total. The van der Waals surface area contributed by atoms with E-state index in [9.17, 15) is 4.79 Å². The number of aromatic nitrogens is 3. The summed E-state index contributed by atoms with van der Waals surface area (Å²) >= 11 is 1.62. The molecule has 7 heteroatoms. The van der Waals surface area contributed by atoms with Crippen LogP contribution in [0.2, 0.25) is 0 Å². The number of rotatable bonds is 5. The number of nitrogens with zero attached hydrogens (tertiary/aromatic N) is 4. The molecule has 0 atom stereocenters. The number of nitrogens with one attached hydrogen (secondary N) is 1. The lowest BCUT2D eigenvalue weighted by Crippen LogP contribution is -2.28. The van der Waals surface area contributed by atoms with Crippen LogP contribution in [0.3, 0.4) is 0 Å². The third-order valence-corrected chi connectivity index (χ3v) is 4.56. The number of anilines is 1. The molecule has 3 heterocycles. The predicted octanol–water partition coefficient (Wildman–Crippen LogP) is 2.43.